The molecule has 140 valence electrons. The molecule has 0 aliphatic heterocycles. The molecular formula is C19H31N3O3. The largest absolute Gasteiger partial charge is 0.497 e. The lowest BCUT2D eigenvalue weighted by Gasteiger charge is -2.15. The van der Waals surface area contributed by atoms with Crippen LogP contribution in [0.5, 0.6) is 11.5 Å². The van der Waals surface area contributed by atoms with E-state index in [0.717, 1.165) is 42.6 Å². The summed E-state index contributed by atoms with van der Waals surface area (Å²) < 4.78 is 16.5. The summed E-state index contributed by atoms with van der Waals surface area (Å²) in [4.78, 5) is 4.26. The Morgan fingerprint density at radius 3 is 2.64 bits per heavy atom. The molecule has 25 heavy (non-hydrogen) atoms. The van der Waals surface area contributed by atoms with E-state index in [0.29, 0.717) is 12.6 Å². The van der Waals surface area contributed by atoms with E-state index in [4.69, 9.17) is 14.2 Å². The summed E-state index contributed by atoms with van der Waals surface area (Å²) in [7, 11) is 5.08. The molecule has 1 fully saturated rings. The standard InChI is InChI=1S/C19H31N3O3/c1-20-19(21-11-6-12-25-16-7-4-5-8-16)22-14-15-9-10-17(23-2)13-18(15)24-3/h9-10,13,16H,4-8,11-12,14H2,1-3H3,(H2,20,21,22). The highest BCUT2D eigenvalue weighted by atomic mass is 16.5. The van der Waals surface area contributed by atoms with Crippen LogP contribution in [0.15, 0.2) is 23.2 Å². The molecule has 2 N–H and O–H groups in total. The zero-order chi connectivity index (χ0) is 17.9. The van der Waals surface area contributed by atoms with Crippen molar-refractivity contribution in [2.45, 2.75) is 44.8 Å². The zero-order valence-corrected chi connectivity index (χ0v) is 15.6. The SMILES string of the molecule is CN=C(NCCCOC1CCCC1)NCc1ccc(OC)cc1OC. The van der Waals surface area contributed by atoms with Crippen LogP contribution in [0.4, 0.5) is 0 Å². The molecular weight excluding hydrogens is 318 g/mol. The molecule has 0 heterocycles. The van der Waals surface area contributed by atoms with Crippen molar-refractivity contribution in [2.75, 3.05) is 34.4 Å². The van der Waals surface area contributed by atoms with Crippen molar-refractivity contribution in [3.05, 3.63) is 23.8 Å². The van der Waals surface area contributed by atoms with Gasteiger partial charge < -0.3 is 24.8 Å². The van der Waals surface area contributed by atoms with E-state index in [1.165, 1.54) is 25.7 Å². The van der Waals surface area contributed by atoms with Gasteiger partial charge in [-0.05, 0) is 31.4 Å². The molecule has 0 spiro atoms. The van der Waals surface area contributed by atoms with Crippen LogP contribution in [0.3, 0.4) is 0 Å². The zero-order valence-electron chi connectivity index (χ0n) is 15.6. The van der Waals surface area contributed by atoms with Crippen molar-refractivity contribution in [1.29, 1.82) is 0 Å². The summed E-state index contributed by atoms with van der Waals surface area (Å²) in [5.41, 5.74) is 1.05. The topological polar surface area (TPSA) is 64.1 Å². The summed E-state index contributed by atoms with van der Waals surface area (Å²) in [5.74, 6) is 2.36. The Bertz CT molecular complexity index is 543. The summed E-state index contributed by atoms with van der Waals surface area (Å²) >= 11 is 0. The Hall–Kier alpha value is -1.95. The van der Waals surface area contributed by atoms with Gasteiger partial charge in [0.2, 0.25) is 0 Å². The van der Waals surface area contributed by atoms with Gasteiger partial charge in [0.05, 0.1) is 20.3 Å². The first-order valence-electron chi connectivity index (χ1n) is 9.04. The fourth-order valence-electron chi connectivity index (χ4n) is 2.98. The third-order valence-electron chi connectivity index (χ3n) is 4.43. The molecule has 1 saturated carbocycles. The minimum absolute atomic E-state index is 0.486. The molecule has 0 unspecified atom stereocenters. The van der Waals surface area contributed by atoms with Gasteiger partial charge in [0.25, 0.3) is 0 Å². The third-order valence-corrected chi connectivity index (χ3v) is 4.43. The summed E-state index contributed by atoms with van der Waals surface area (Å²) in [6, 6.07) is 5.80. The van der Waals surface area contributed by atoms with Crippen LogP contribution in [-0.4, -0.2) is 46.5 Å². The Morgan fingerprint density at radius 1 is 1.16 bits per heavy atom. The van der Waals surface area contributed by atoms with E-state index in [1.54, 1.807) is 21.3 Å². The van der Waals surface area contributed by atoms with Crippen LogP contribution < -0.4 is 20.1 Å². The third kappa shape index (κ3) is 6.46. The Kier molecular flexibility index (Phi) is 8.39. The molecule has 0 amide bonds. The minimum Gasteiger partial charge on any atom is -0.497 e. The molecule has 0 aromatic heterocycles. The highest BCUT2D eigenvalue weighted by Gasteiger charge is 2.14. The normalized spacial score (nSPS) is 15.2. The van der Waals surface area contributed by atoms with Gasteiger partial charge in [0.15, 0.2) is 5.96 Å². The number of hydrogen-bond donors (Lipinski definition) is 2. The number of nitrogens with one attached hydrogen (secondary N) is 2. The Balaban J connectivity index is 1.69. The fourth-order valence-corrected chi connectivity index (χ4v) is 2.98. The first-order valence-corrected chi connectivity index (χ1v) is 9.04. The number of ether oxygens (including phenoxy) is 3. The van der Waals surface area contributed by atoms with Crippen molar-refractivity contribution in [1.82, 2.24) is 10.6 Å². The van der Waals surface area contributed by atoms with Gasteiger partial charge in [-0.1, -0.05) is 12.8 Å². The average Bonchev–Trinajstić information content (AvgIpc) is 3.17. The Labute approximate surface area is 151 Å². The van der Waals surface area contributed by atoms with Crippen molar-refractivity contribution in [3.8, 4) is 11.5 Å². The van der Waals surface area contributed by atoms with Crippen LogP contribution >= 0.6 is 0 Å². The van der Waals surface area contributed by atoms with E-state index < -0.39 is 0 Å². The Morgan fingerprint density at radius 2 is 1.96 bits per heavy atom. The lowest BCUT2D eigenvalue weighted by Crippen LogP contribution is -2.37. The van der Waals surface area contributed by atoms with E-state index in [-0.39, 0.29) is 0 Å². The van der Waals surface area contributed by atoms with E-state index in [1.807, 2.05) is 18.2 Å². The van der Waals surface area contributed by atoms with Gasteiger partial charge in [-0.15, -0.1) is 0 Å². The summed E-state index contributed by atoms with van der Waals surface area (Å²) in [6.07, 6.45) is 6.53. The average molecular weight is 349 g/mol. The number of rotatable bonds is 9. The first-order chi connectivity index (χ1) is 12.3. The smallest absolute Gasteiger partial charge is 0.191 e. The van der Waals surface area contributed by atoms with Gasteiger partial charge in [0, 0.05) is 38.4 Å². The number of aliphatic imine (C=N–C) groups is 1. The van der Waals surface area contributed by atoms with E-state index >= 15 is 0 Å². The lowest BCUT2D eigenvalue weighted by molar-refractivity contribution is 0.0574. The van der Waals surface area contributed by atoms with Gasteiger partial charge >= 0.3 is 0 Å². The number of nitrogens with zero attached hydrogens (tertiary/aromatic N) is 1. The molecule has 1 aliphatic rings. The van der Waals surface area contributed by atoms with Crippen LogP contribution in [0, 0.1) is 0 Å². The van der Waals surface area contributed by atoms with Gasteiger partial charge in [-0.2, -0.15) is 0 Å². The first kappa shape index (κ1) is 19.4. The quantitative estimate of drug-likeness (QED) is 0.408. The second-order valence-corrected chi connectivity index (χ2v) is 6.16. The summed E-state index contributed by atoms with van der Waals surface area (Å²) in [5, 5.41) is 6.63. The molecule has 0 bridgehead atoms. The molecule has 0 radical (unpaired) electrons. The molecule has 6 nitrogen and oxygen atoms in total. The predicted molar refractivity (Wildman–Crippen MR) is 101 cm³/mol. The number of guanidine groups is 1. The van der Waals surface area contributed by atoms with Gasteiger partial charge in [0.1, 0.15) is 11.5 Å². The number of hydrogen-bond acceptors (Lipinski definition) is 4. The van der Waals surface area contributed by atoms with Crippen LogP contribution in [0.2, 0.25) is 0 Å². The summed E-state index contributed by atoms with van der Waals surface area (Å²) in [6.45, 7) is 2.28. The highest BCUT2D eigenvalue weighted by molar-refractivity contribution is 5.79. The van der Waals surface area contributed by atoms with Crippen molar-refractivity contribution >= 4 is 5.96 Å². The monoisotopic (exact) mass is 349 g/mol. The molecule has 0 saturated heterocycles. The number of methoxy groups -OCH3 is 2. The second-order valence-electron chi connectivity index (χ2n) is 6.16. The van der Waals surface area contributed by atoms with E-state index in [2.05, 4.69) is 15.6 Å². The van der Waals surface area contributed by atoms with E-state index in [9.17, 15) is 0 Å². The highest BCUT2D eigenvalue weighted by Crippen LogP contribution is 2.24. The molecule has 1 aliphatic carbocycles. The van der Waals surface area contributed by atoms with Crippen LogP contribution in [0.25, 0.3) is 0 Å². The number of benzene rings is 1. The van der Waals surface area contributed by atoms with Crippen molar-refractivity contribution < 1.29 is 14.2 Å². The van der Waals surface area contributed by atoms with Gasteiger partial charge in [-0.25, -0.2) is 0 Å². The second kappa shape index (κ2) is 10.8. The molecule has 1 aromatic carbocycles. The van der Waals surface area contributed by atoms with Crippen LogP contribution in [0.1, 0.15) is 37.7 Å². The molecule has 1 aromatic rings. The van der Waals surface area contributed by atoms with Gasteiger partial charge in [-0.3, -0.25) is 4.99 Å². The predicted octanol–water partition coefficient (Wildman–Crippen LogP) is 2.72. The maximum atomic E-state index is 5.87. The lowest BCUT2D eigenvalue weighted by atomic mass is 10.2. The maximum absolute atomic E-state index is 5.87. The molecule has 0 atom stereocenters. The fraction of sp³-hybridized carbons (Fsp3) is 0.632. The van der Waals surface area contributed by atoms with Crippen LogP contribution in [-0.2, 0) is 11.3 Å². The maximum Gasteiger partial charge on any atom is 0.191 e. The molecule has 6 heteroatoms. The van der Waals surface area contributed by atoms with Crippen molar-refractivity contribution in [2.24, 2.45) is 4.99 Å². The van der Waals surface area contributed by atoms with Crippen molar-refractivity contribution in [3.63, 3.8) is 0 Å². The minimum atomic E-state index is 0.486. The molecule has 2 rings (SSSR count).